The minimum atomic E-state index is -0.101. The molecule has 0 radical (unpaired) electrons. The summed E-state index contributed by atoms with van der Waals surface area (Å²) in [6.07, 6.45) is 4.75. The third kappa shape index (κ3) is 4.90. The molecule has 8 nitrogen and oxygen atoms in total. The molecule has 0 saturated carbocycles. The van der Waals surface area contributed by atoms with E-state index in [9.17, 15) is 0 Å². The number of ether oxygens (including phenoxy) is 1. The molecule has 3 N–H and O–H groups in total. The largest absolute Gasteiger partial charge is 0.486 e. The molecule has 3 aromatic heterocycles. The van der Waals surface area contributed by atoms with Crippen molar-refractivity contribution in [3.8, 4) is 17.3 Å². The lowest BCUT2D eigenvalue weighted by Gasteiger charge is -2.19. The maximum absolute atomic E-state index is 6.36. The average Bonchev–Trinajstić information content (AvgIpc) is 3.45. The lowest BCUT2D eigenvalue weighted by Crippen LogP contribution is -2.16. The summed E-state index contributed by atoms with van der Waals surface area (Å²) >= 11 is 0. The highest BCUT2D eigenvalue weighted by Crippen LogP contribution is 2.32. The van der Waals surface area contributed by atoms with Crippen molar-refractivity contribution in [3.63, 3.8) is 0 Å². The predicted octanol–water partition coefficient (Wildman–Crippen LogP) is 5.62. The molecular formula is C28H33N7O. The fourth-order valence-electron chi connectivity index (χ4n) is 4.72. The zero-order valence-electron chi connectivity index (χ0n) is 21.5. The molecule has 2 aromatic carbocycles. The normalized spacial score (nSPS) is 12.5. The number of aryl methyl sites for hydroxylation is 2. The number of pyridine rings is 1. The molecule has 5 rings (SSSR count). The highest BCUT2D eigenvalue weighted by molar-refractivity contribution is 5.94. The molecule has 1 atom stereocenters. The first kappa shape index (κ1) is 23.8. The summed E-state index contributed by atoms with van der Waals surface area (Å²) in [6.45, 7) is 8.19. The van der Waals surface area contributed by atoms with E-state index in [1.54, 1.807) is 0 Å². The number of aromatic nitrogens is 5. The monoisotopic (exact) mass is 483 g/mol. The lowest BCUT2D eigenvalue weighted by atomic mass is 10.0. The molecule has 0 spiro atoms. The van der Waals surface area contributed by atoms with Crippen LogP contribution in [-0.4, -0.2) is 57.2 Å². The van der Waals surface area contributed by atoms with Gasteiger partial charge in [0.05, 0.1) is 16.6 Å². The molecule has 186 valence electrons. The third-order valence-electron chi connectivity index (χ3n) is 6.46. The standard InChI is InChI=1S/C28H33N7O/c1-17-15-29-16-18(2)26(17)19(3)36-21-8-10-23-22(14-21)27(34-33-23)28-31-24-9-7-20(13-25(24)32-28)30-11-6-12-35(4)5/h7-10,13-16,19,30H,6,11-12H2,1-5H3,(H,31,32)(H,33,34). The Balaban J connectivity index is 1.39. The van der Waals surface area contributed by atoms with Crippen molar-refractivity contribution in [2.24, 2.45) is 0 Å². The van der Waals surface area contributed by atoms with Gasteiger partial charge in [0, 0.05) is 35.6 Å². The van der Waals surface area contributed by atoms with Gasteiger partial charge in [-0.15, -0.1) is 0 Å². The summed E-state index contributed by atoms with van der Waals surface area (Å²) in [5.74, 6) is 1.51. The second kappa shape index (κ2) is 9.99. The summed E-state index contributed by atoms with van der Waals surface area (Å²) in [5.41, 5.74) is 8.09. The van der Waals surface area contributed by atoms with Crippen LogP contribution in [0.25, 0.3) is 33.5 Å². The Kier molecular flexibility index (Phi) is 6.61. The van der Waals surface area contributed by atoms with E-state index < -0.39 is 0 Å². The number of imidazole rings is 1. The number of fused-ring (bicyclic) bond motifs is 2. The molecule has 8 heteroatoms. The third-order valence-corrected chi connectivity index (χ3v) is 6.46. The smallest absolute Gasteiger partial charge is 0.159 e. The number of nitrogens with zero attached hydrogens (tertiary/aromatic N) is 4. The first-order chi connectivity index (χ1) is 17.4. The Morgan fingerprint density at radius 1 is 1.03 bits per heavy atom. The van der Waals surface area contributed by atoms with Gasteiger partial charge in [0.15, 0.2) is 5.82 Å². The number of aromatic amines is 2. The average molecular weight is 484 g/mol. The molecule has 1 unspecified atom stereocenters. The van der Waals surface area contributed by atoms with Gasteiger partial charge in [-0.05, 0) is 95.4 Å². The summed E-state index contributed by atoms with van der Waals surface area (Å²) in [4.78, 5) is 14.7. The second-order valence-electron chi connectivity index (χ2n) is 9.63. The number of hydrogen-bond acceptors (Lipinski definition) is 6. The van der Waals surface area contributed by atoms with Gasteiger partial charge in [-0.2, -0.15) is 5.10 Å². The minimum Gasteiger partial charge on any atom is -0.486 e. The van der Waals surface area contributed by atoms with Crippen molar-refractivity contribution in [1.82, 2.24) is 30.0 Å². The Hall–Kier alpha value is -3.91. The highest BCUT2D eigenvalue weighted by Gasteiger charge is 2.17. The molecule has 3 heterocycles. The molecule has 0 amide bonds. The maximum atomic E-state index is 6.36. The number of benzene rings is 2. The van der Waals surface area contributed by atoms with Crippen LogP contribution in [0.2, 0.25) is 0 Å². The molecule has 0 aliphatic heterocycles. The molecule has 5 aromatic rings. The van der Waals surface area contributed by atoms with Crippen molar-refractivity contribution >= 4 is 27.6 Å². The van der Waals surface area contributed by atoms with Gasteiger partial charge in [-0.3, -0.25) is 10.1 Å². The number of hydrogen-bond donors (Lipinski definition) is 3. The van der Waals surface area contributed by atoms with Crippen LogP contribution in [0, 0.1) is 13.8 Å². The Labute approximate surface area is 211 Å². The number of H-pyrrole nitrogens is 2. The van der Waals surface area contributed by atoms with Gasteiger partial charge in [0.25, 0.3) is 0 Å². The first-order valence-corrected chi connectivity index (χ1v) is 12.3. The number of rotatable bonds is 9. The second-order valence-corrected chi connectivity index (χ2v) is 9.63. The Morgan fingerprint density at radius 2 is 1.83 bits per heavy atom. The van der Waals surface area contributed by atoms with Crippen molar-refractivity contribution in [2.75, 3.05) is 32.5 Å². The van der Waals surface area contributed by atoms with Crippen molar-refractivity contribution in [2.45, 2.75) is 33.3 Å². The molecule has 36 heavy (non-hydrogen) atoms. The summed E-state index contributed by atoms with van der Waals surface area (Å²) in [7, 11) is 4.19. The summed E-state index contributed by atoms with van der Waals surface area (Å²) in [5, 5.41) is 12.1. The van der Waals surface area contributed by atoms with Gasteiger partial charge in [-0.25, -0.2) is 4.98 Å². The van der Waals surface area contributed by atoms with Crippen LogP contribution in [0.5, 0.6) is 5.75 Å². The predicted molar refractivity (Wildman–Crippen MR) is 146 cm³/mol. The molecule has 0 saturated heterocycles. The summed E-state index contributed by atoms with van der Waals surface area (Å²) < 4.78 is 6.36. The first-order valence-electron chi connectivity index (χ1n) is 12.3. The van der Waals surface area contributed by atoms with E-state index in [4.69, 9.17) is 9.72 Å². The van der Waals surface area contributed by atoms with E-state index in [-0.39, 0.29) is 6.10 Å². The van der Waals surface area contributed by atoms with Gasteiger partial charge < -0.3 is 19.9 Å². The number of nitrogens with one attached hydrogen (secondary N) is 3. The fourth-order valence-corrected chi connectivity index (χ4v) is 4.72. The van der Waals surface area contributed by atoms with Crippen LogP contribution in [0.3, 0.4) is 0 Å². The van der Waals surface area contributed by atoms with Crippen LogP contribution >= 0.6 is 0 Å². The zero-order chi connectivity index (χ0) is 25.2. The lowest BCUT2D eigenvalue weighted by molar-refractivity contribution is 0.225. The number of anilines is 1. The fraction of sp³-hybridized carbons (Fsp3) is 0.321. The molecule has 0 bridgehead atoms. The highest BCUT2D eigenvalue weighted by atomic mass is 16.5. The Bertz CT molecular complexity index is 1480. The topological polar surface area (TPSA) is 94.8 Å². The van der Waals surface area contributed by atoms with Crippen molar-refractivity contribution in [3.05, 3.63) is 65.5 Å². The molecule has 0 aliphatic carbocycles. The van der Waals surface area contributed by atoms with Crippen molar-refractivity contribution < 1.29 is 4.74 Å². The van der Waals surface area contributed by atoms with Crippen LogP contribution in [0.15, 0.2) is 48.8 Å². The Morgan fingerprint density at radius 3 is 2.61 bits per heavy atom. The van der Waals surface area contributed by atoms with E-state index in [0.29, 0.717) is 0 Å². The van der Waals surface area contributed by atoms with Gasteiger partial charge in [0.2, 0.25) is 0 Å². The van der Waals surface area contributed by atoms with E-state index in [1.165, 1.54) is 5.56 Å². The van der Waals surface area contributed by atoms with Gasteiger partial charge >= 0.3 is 0 Å². The molecular weight excluding hydrogens is 450 g/mol. The zero-order valence-corrected chi connectivity index (χ0v) is 21.5. The van der Waals surface area contributed by atoms with Crippen LogP contribution < -0.4 is 10.1 Å². The SMILES string of the molecule is Cc1cncc(C)c1C(C)Oc1ccc2[nH]nc(-c3nc4ccc(NCCCN(C)C)cc4[nH]3)c2c1. The molecule has 0 fully saturated rings. The minimum absolute atomic E-state index is 0.101. The van der Waals surface area contributed by atoms with E-state index in [1.807, 2.05) is 36.7 Å². The van der Waals surface area contributed by atoms with E-state index in [0.717, 1.165) is 75.5 Å². The van der Waals surface area contributed by atoms with Gasteiger partial charge in [-0.1, -0.05) is 0 Å². The van der Waals surface area contributed by atoms with Crippen LogP contribution in [0.4, 0.5) is 5.69 Å². The van der Waals surface area contributed by atoms with Crippen molar-refractivity contribution in [1.29, 1.82) is 0 Å². The van der Waals surface area contributed by atoms with E-state index >= 15 is 0 Å². The van der Waals surface area contributed by atoms with Gasteiger partial charge in [0.1, 0.15) is 17.5 Å². The van der Waals surface area contributed by atoms with Crippen LogP contribution in [-0.2, 0) is 0 Å². The van der Waals surface area contributed by atoms with Crippen LogP contribution in [0.1, 0.15) is 36.1 Å². The maximum Gasteiger partial charge on any atom is 0.159 e. The summed E-state index contributed by atoms with van der Waals surface area (Å²) in [6, 6.07) is 12.2. The molecule has 0 aliphatic rings. The quantitative estimate of drug-likeness (QED) is 0.236. The van der Waals surface area contributed by atoms with E-state index in [2.05, 4.69) is 77.4 Å².